The van der Waals surface area contributed by atoms with Crippen molar-refractivity contribution >= 4 is 5.91 Å². The van der Waals surface area contributed by atoms with Crippen molar-refractivity contribution in [3.8, 4) is 11.3 Å². The summed E-state index contributed by atoms with van der Waals surface area (Å²) in [5.41, 5.74) is 9.84. The lowest BCUT2D eigenvalue weighted by Gasteiger charge is -2.32. The van der Waals surface area contributed by atoms with E-state index in [1.165, 1.54) is 5.56 Å². The van der Waals surface area contributed by atoms with Crippen molar-refractivity contribution in [2.24, 2.45) is 12.8 Å². The molecule has 1 amide bonds. The quantitative estimate of drug-likeness (QED) is 0.738. The van der Waals surface area contributed by atoms with E-state index in [-0.39, 0.29) is 0 Å². The van der Waals surface area contributed by atoms with Gasteiger partial charge in [0.15, 0.2) is 0 Å². The van der Waals surface area contributed by atoms with Gasteiger partial charge in [0, 0.05) is 61.3 Å². The predicted octanol–water partition coefficient (Wildman–Crippen LogP) is 2.36. The fourth-order valence-electron chi connectivity index (χ4n) is 3.92. The predicted molar refractivity (Wildman–Crippen MR) is 106 cm³/mol. The number of primary amides is 1. The first kappa shape index (κ1) is 18.3. The van der Waals surface area contributed by atoms with E-state index in [1.807, 2.05) is 30.1 Å². The van der Waals surface area contributed by atoms with Crippen molar-refractivity contribution in [1.29, 1.82) is 0 Å². The van der Waals surface area contributed by atoms with Crippen LogP contribution >= 0.6 is 0 Å². The third kappa shape index (κ3) is 3.94. The molecule has 7 nitrogen and oxygen atoms in total. The average Bonchev–Trinajstić information content (AvgIpc) is 3.13. The summed E-state index contributed by atoms with van der Waals surface area (Å²) >= 11 is 0. The summed E-state index contributed by atoms with van der Waals surface area (Å²) in [5.74, 6) is -0.140. The van der Waals surface area contributed by atoms with Crippen LogP contribution in [0.2, 0.25) is 0 Å². The maximum atomic E-state index is 11.6. The van der Waals surface area contributed by atoms with E-state index in [2.05, 4.69) is 26.2 Å². The van der Waals surface area contributed by atoms with E-state index < -0.39 is 5.91 Å². The summed E-state index contributed by atoms with van der Waals surface area (Å²) < 4.78 is 1.84. The van der Waals surface area contributed by atoms with Gasteiger partial charge in [-0.15, -0.1) is 0 Å². The lowest BCUT2D eigenvalue weighted by Crippen LogP contribution is -2.34. The maximum Gasteiger partial charge on any atom is 0.248 e. The number of aryl methyl sites for hydroxylation is 1. The number of rotatable bonds is 5. The minimum atomic E-state index is -0.437. The van der Waals surface area contributed by atoms with Gasteiger partial charge in [0.05, 0.1) is 17.6 Å². The second-order valence-electron chi connectivity index (χ2n) is 7.33. The van der Waals surface area contributed by atoms with E-state index in [0.717, 1.165) is 49.4 Å². The van der Waals surface area contributed by atoms with Crippen LogP contribution in [-0.2, 0) is 13.6 Å². The number of aromatic nitrogens is 4. The van der Waals surface area contributed by atoms with Crippen LogP contribution in [0.25, 0.3) is 11.3 Å². The lowest BCUT2D eigenvalue weighted by atomic mass is 9.91. The number of hydrogen-bond acceptors (Lipinski definition) is 5. The number of amides is 1. The van der Waals surface area contributed by atoms with Gasteiger partial charge in [-0.05, 0) is 31.5 Å². The van der Waals surface area contributed by atoms with Crippen molar-refractivity contribution in [2.45, 2.75) is 25.3 Å². The van der Waals surface area contributed by atoms with Crippen molar-refractivity contribution < 1.29 is 4.79 Å². The average molecular weight is 376 g/mol. The van der Waals surface area contributed by atoms with Gasteiger partial charge in [-0.25, -0.2) is 0 Å². The number of carbonyl (C=O) groups is 1. The molecule has 1 atom stereocenters. The van der Waals surface area contributed by atoms with Gasteiger partial charge in [0.25, 0.3) is 0 Å². The lowest BCUT2D eigenvalue weighted by molar-refractivity contribution is 0.100. The highest BCUT2D eigenvalue weighted by Crippen LogP contribution is 2.32. The van der Waals surface area contributed by atoms with Gasteiger partial charge < -0.3 is 5.73 Å². The zero-order chi connectivity index (χ0) is 19.5. The molecule has 7 heteroatoms. The Labute approximate surface area is 164 Å². The zero-order valence-electron chi connectivity index (χ0n) is 16.0. The molecule has 28 heavy (non-hydrogen) atoms. The number of carbonyl (C=O) groups excluding carboxylic acids is 1. The number of nitrogens with two attached hydrogens (primary N) is 1. The van der Waals surface area contributed by atoms with Gasteiger partial charge in [-0.3, -0.25) is 24.3 Å². The van der Waals surface area contributed by atoms with E-state index in [0.29, 0.717) is 11.5 Å². The molecule has 0 bridgehead atoms. The van der Waals surface area contributed by atoms with Crippen molar-refractivity contribution in [3.63, 3.8) is 0 Å². The first-order valence-corrected chi connectivity index (χ1v) is 9.51. The zero-order valence-corrected chi connectivity index (χ0v) is 16.0. The third-order valence-electron chi connectivity index (χ3n) is 5.20. The highest BCUT2D eigenvalue weighted by molar-refractivity contribution is 5.94. The van der Waals surface area contributed by atoms with E-state index >= 15 is 0 Å². The number of hydrogen-bond donors (Lipinski definition) is 1. The topological polar surface area (TPSA) is 89.9 Å². The molecule has 3 aromatic rings. The SMILES string of the molecule is Cn1cc(CN2CCC[C@H](c3nccnc3-c3cccc(C(N)=O)c3)C2)cn1. The Hall–Kier alpha value is -3.06. The Morgan fingerprint density at radius 2 is 2.14 bits per heavy atom. The van der Waals surface area contributed by atoms with Crippen LogP contribution in [0.3, 0.4) is 0 Å². The minimum absolute atomic E-state index is 0.298. The smallest absolute Gasteiger partial charge is 0.248 e. The Morgan fingerprint density at radius 1 is 1.29 bits per heavy atom. The number of nitrogens with zero attached hydrogens (tertiary/aromatic N) is 5. The van der Waals surface area contributed by atoms with Crippen LogP contribution in [0.15, 0.2) is 49.1 Å². The molecule has 144 valence electrons. The van der Waals surface area contributed by atoms with Gasteiger partial charge in [-0.1, -0.05) is 12.1 Å². The monoisotopic (exact) mass is 376 g/mol. The summed E-state index contributed by atoms with van der Waals surface area (Å²) in [5, 5.41) is 4.27. The number of piperidine rings is 1. The van der Waals surface area contributed by atoms with Gasteiger partial charge in [0.2, 0.25) is 5.91 Å². The molecule has 0 radical (unpaired) electrons. The van der Waals surface area contributed by atoms with Crippen LogP contribution in [-0.4, -0.2) is 43.6 Å². The highest BCUT2D eigenvalue weighted by Gasteiger charge is 2.25. The van der Waals surface area contributed by atoms with Crippen LogP contribution in [0.4, 0.5) is 0 Å². The molecular weight excluding hydrogens is 352 g/mol. The first-order valence-electron chi connectivity index (χ1n) is 9.51. The fourth-order valence-corrected chi connectivity index (χ4v) is 3.92. The molecular formula is C21H24N6O. The molecule has 1 saturated heterocycles. The standard InChI is InChI=1S/C21H24N6O/c1-26-12-15(11-25-26)13-27-9-3-6-18(14-27)20-19(23-7-8-24-20)16-4-2-5-17(10-16)21(22)28/h2,4-5,7-8,10-12,18H,3,6,9,13-14H2,1H3,(H2,22,28)/t18-/m0/s1. The molecule has 0 spiro atoms. The van der Waals surface area contributed by atoms with E-state index in [9.17, 15) is 4.79 Å². The molecule has 0 aliphatic carbocycles. The van der Waals surface area contributed by atoms with Crippen LogP contribution in [0.5, 0.6) is 0 Å². The molecule has 1 aliphatic heterocycles. The Balaban J connectivity index is 1.59. The molecule has 2 aromatic heterocycles. The van der Waals surface area contributed by atoms with Gasteiger partial charge in [0.1, 0.15) is 0 Å². The molecule has 3 heterocycles. The second kappa shape index (κ2) is 7.90. The molecule has 0 saturated carbocycles. The van der Waals surface area contributed by atoms with E-state index in [4.69, 9.17) is 5.73 Å². The normalized spacial score (nSPS) is 17.5. The summed E-state index contributed by atoms with van der Waals surface area (Å²) in [6, 6.07) is 7.31. The molecule has 1 fully saturated rings. The van der Waals surface area contributed by atoms with Crippen molar-refractivity contribution in [3.05, 3.63) is 65.9 Å². The molecule has 0 unspecified atom stereocenters. The summed E-state index contributed by atoms with van der Waals surface area (Å²) in [6.45, 7) is 2.88. The van der Waals surface area contributed by atoms with Crippen molar-refractivity contribution in [2.75, 3.05) is 13.1 Å². The van der Waals surface area contributed by atoms with Crippen molar-refractivity contribution in [1.82, 2.24) is 24.6 Å². The summed E-state index contributed by atoms with van der Waals surface area (Å²) in [6.07, 6.45) is 9.62. The fraction of sp³-hybridized carbons (Fsp3) is 0.333. The largest absolute Gasteiger partial charge is 0.366 e. The van der Waals surface area contributed by atoms with Crippen LogP contribution in [0, 0.1) is 0 Å². The van der Waals surface area contributed by atoms with Crippen LogP contribution in [0.1, 0.15) is 40.4 Å². The molecule has 1 aliphatic rings. The molecule has 2 N–H and O–H groups in total. The van der Waals surface area contributed by atoms with E-state index in [1.54, 1.807) is 24.5 Å². The minimum Gasteiger partial charge on any atom is -0.366 e. The molecule has 1 aromatic carbocycles. The van der Waals surface area contributed by atoms with Gasteiger partial charge >= 0.3 is 0 Å². The molecule has 4 rings (SSSR count). The Bertz CT molecular complexity index is 982. The second-order valence-corrected chi connectivity index (χ2v) is 7.33. The number of benzene rings is 1. The number of likely N-dealkylation sites (tertiary alicyclic amines) is 1. The summed E-state index contributed by atoms with van der Waals surface area (Å²) in [4.78, 5) is 23.3. The first-order chi connectivity index (χ1) is 13.6. The third-order valence-corrected chi connectivity index (χ3v) is 5.20. The highest BCUT2D eigenvalue weighted by atomic mass is 16.1. The Morgan fingerprint density at radius 3 is 2.93 bits per heavy atom. The summed E-state index contributed by atoms with van der Waals surface area (Å²) in [7, 11) is 1.94. The Kier molecular flexibility index (Phi) is 5.16. The van der Waals surface area contributed by atoms with Gasteiger partial charge in [-0.2, -0.15) is 5.10 Å². The van der Waals surface area contributed by atoms with Crippen LogP contribution < -0.4 is 5.73 Å². The maximum absolute atomic E-state index is 11.6.